The lowest BCUT2D eigenvalue weighted by atomic mass is 9.95. The van der Waals surface area contributed by atoms with Gasteiger partial charge in [0.15, 0.2) is 0 Å². The van der Waals surface area contributed by atoms with Crippen molar-refractivity contribution in [3.05, 3.63) is 35.9 Å². The van der Waals surface area contributed by atoms with Crippen LogP contribution < -0.4 is 5.32 Å². The maximum Gasteiger partial charge on any atom is 0.251 e. The summed E-state index contributed by atoms with van der Waals surface area (Å²) in [4.78, 5) is 11.8. The fraction of sp³-hybridized carbons (Fsp3) is 0.533. The molecule has 0 aromatic heterocycles. The molecule has 2 nitrogen and oxygen atoms in total. The molecule has 94 valence electrons. The van der Waals surface area contributed by atoms with Crippen LogP contribution in [0.4, 0.5) is 0 Å². The molecule has 1 aliphatic carbocycles. The first kappa shape index (κ1) is 13.8. The number of hydrogen-bond acceptors (Lipinski definition) is 1. The number of carbonyl (C=O) groups is 1. The van der Waals surface area contributed by atoms with Crippen molar-refractivity contribution in [1.29, 1.82) is 0 Å². The third-order valence-electron chi connectivity index (χ3n) is 2.98. The average molecular weight is 233 g/mol. The highest BCUT2D eigenvalue weighted by Gasteiger charge is 2.15. The first-order chi connectivity index (χ1) is 8.36. The van der Waals surface area contributed by atoms with Crippen LogP contribution >= 0.6 is 0 Å². The normalized spacial score (nSPS) is 15.6. The van der Waals surface area contributed by atoms with E-state index >= 15 is 0 Å². The molecule has 0 saturated heterocycles. The third-order valence-corrected chi connectivity index (χ3v) is 2.98. The Morgan fingerprint density at radius 2 is 1.65 bits per heavy atom. The largest absolute Gasteiger partial charge is 0.349 e. The number of hydrogen-bond donors (Lipinski definition) is 1. The van der Waals surface area contributed by atoms with Gasteiger partial charge >= 0.3 is 0 Å². The van der Waals surface area contributed by atoms with E-state index in [-0.39, 0.29) is 5.91 Å². The quantitative estimate of drug-likeness (QED) is 0.827. The van der Waals surface area contributed by atoms with Crippen molar-refractivity contribution in [2.75, 3.05) is 0 Å². The minimum Gasteiger partial charge on any atom is -0.349 e. The zero-order valence-electron chi connectivity index (χ0n) is 10.9. The van der Waals surface area contributed by atoms with Gasteiger partial charge in [0.2, 0.25) is 0 Å². The van der Waals surface area contributed by atoms with Crippen LogP contribution in [0.3, 0.4) is 0 Å². The van der Waals surface area contributed by atoms with Crippen molar-refractivity contribution in [1.82, 2.24) is 5.32 Å². The van der Waals surface area contributed by atoms with Crippen molar-refractivity contribution in [2.24, 2.45) is 0 Å². The van der Waals surface area contributed by atoms with Gasteiger partial charge < -0.3 is 5.32 Å². The first-order valence-corrected chi connectivity index (χ1v) is 6.72. The second kappa shape index (κ2) is 7.88. The fourth-order valence-electron chi connectivity index (χ4n) is 2.11. The number of rotatable bonds is 2. The minimum absolute atomic E-state index is 0.0718. The summed E-state index contributed by atoms with van der Waals surface area (Å²) >= 11 is 0. The smallest absolute Gasteiger partial charge is 0.251 e. The standard InChI is InChI=1S/C13H17NO.C2H6/c15-13(11-7-3-1-4-8-11)14-12-9-5-2-6-10-12;1-2/h1,3-4,7-8,12H,2,5-6,9-10H2,(H,14,15);1-2H3. The Morgan fingerprint density at radius 3 is 2.24 bits per heavy atom. The highest BCUT2D eigenvalue weighted by Crippen LogP contribution is 2.17. The van der Waals surface area contributed by atoms with Crippen LogP contribution in [0.5, 0.6) is 0 Å². The SMILES string of the molecule is CC.O=C(NC1CCCCC1)c1ccccc1. The Labute approximate surface area is 104 Å². The van der Waals surface area contributed by atoms with Crippen LogP contribution in [0.2, 0.25) is 0 Å². The van der Waals surface area contributed by atoms with Gasteiger partial charge in [-0.05, 0) is 25.0 Å². The van der Waals surface area contributed by atoms with E-state index in [0.717, 1.165) is 18.4 Å². The van der Waals surface area contributed by atoms with Crippen LogP contribution in [0.1, 0.15) is 56.3 Å². The van der Waals surface area contributed by atoms with Crippen molar-refractivity contribution in [3.63, 3.8) is 0 Å². The summed E-state index contributed by atoms with van der Waals surface area (Å²) in [6.07, 6.45) is 6.09. The molecule has 0 atom stereocenters. The van der Waals surface area contributed by atoms with Gasteiger partial charge in [0.05, 0.1) is 0 Å². The van der Waals surface area contributed by atoms with Gasteiger partial charge in [-0.1, -0.05) is 51.3 Å². The molecule has 1 aromatic carbocycles. The topological polar surface area (TPSA) is 29.1 Å². The Balaban J connectivity index is 0.000000686. The van der Waals surface area contributed by atoms with Crippen molar-refractivity contribution in [2.45, 2.75) is 52.0 Å². The lowest BCUT2D eigenvalue weighted by molar-refractivity contribution is 0.0927. The van der Waals surface area contributed by atoms with Gasteiger partial charge in [0.1, 0.15) is 0 Å². The second-order valence-electron chi connectivity index (χ2n) is 4.17. The number of benzene rings is 1. The van der Waals surface area contributed by atoms with Crippen LogP contribution in [-0.4, -0.2) is 11.9 Å². The molecule has 0 aliphatic heterocycles. The molecule has 0 spiro atoms. The summed E-state index contributed by atoms with van der Waals surface area (Å²) in [5.74, 6) is 0.0718. The number of nitrogens with one attached hydrogen (secondary N) is 1. The first-order valence-electron chi connectivity index (χ1n) is 6.72. The molecule has 0 heterocycles. The summed E-state index contributed by atoms with van der Waals surface area (Å²) in [5, 5.41) is 3.10. The molecule has 0 radical (unpaired) electrons. The maximum atomic E-state index is 11.8. The molecule has 2 rings (SSSR count). The summed E-state index contributed by atoms with van der Waals surface area (Å²) in [5.41, 5.74) is 0.767. The maximum absolute atomic E-state index is 11.8. The van der Waals surface area contributed by atoms with Gasteiger partial charge in [-0.15, -0.1) is 0 Å². The van der Waals surface area contributed by atoms with E-state index in [9.17, 15) is 4.79 Å². The minimum atomic E-state index is 0.0718. The Morgan fingerprint density at radius 1 is 1.06 bits per heavy atom. The molecular weight excluding hydrogens is 210 g/mol. The van der Waals surface area contributed by atoms with Crippen LogP contribution in [-0.2, 0) is 0 Å². The lowest BCUT2D eigenvalue weighted by Gasteiger charge is -2.22. The molecule has 2 heteroatoms. The lowest BCUT2D eigenvalue weighted by Crippen LogP contribution is -2.36. The molecule has 1 N–H and O–H groups in total. The van der Waals surface area contributed by atoms with Crippen LogP contribution in [0, 0.1) is 0 Å². The molecule has 0 bridgehead atoms. The molecule has 17 heavy (non-hydrogen) atoms. The van der Waals surface area contributed by atoms with Crippen molar-refractivity contribution < 1.29 is 4.79 Å². The van der Waals surface area contributed by atoms with E-state index in [1.54, 1.807) is 0 Å². The summed E-state index contributed by atoms with van der Waals surface area (Å²) in [6, 6.07) is 9.84. The Kier molecular flexibility index (Phi) is 6.38. The summed E-state index contributed by atoms with van der Waals surface area (Å²) in [6.45, 7) is 4.00. The zero-order chi connectivity index (χ0) is 12.5. The summed E-state index contributed by atoms with van der Waals surface area (Å²) < 4.78 is 0. The highest BCUT2D eigenvalue weighted by atomic mass is 16.1. The molecule has 1 amide bonds. The molecule has 0 unspecified atom stereocenters. The zero-order valence-corrected chi connectivity index (χ0v) is 10.9. The van der Waals surface area contributed by atoms with E-state index in [0.29, 0.717) is 6.04 Å². The van der Waals surface area contributed by atoms with E-state index in [4.69, 9.17) is 0 Å². The van der Waals surface area contributed by atoms with Gasteiger partial charge in [-0.25, -0.2) is 0 Å². The molecule has 1 aliphatic rings. The fourth-order valence-corrected chi connectivity index (χ4v) is 2.11. The number of carbonyl (C=O) groups excluding carboxylic acids is 1. The Bertz CT molecular complexity index is 315. The predicted octanol–water partition coefficient (Wildman–Crippen LogP) is 3.78. The second-order valence-corrected chi connectivity index (χ2v) is 4.17. The van der Waals surface area contributed by atoms with Crippen LogP contribution in [0.25, 0.3) is 0 Å². The summed E-state index contributed by atoms with van der Waals surface area (Å²) in [7, 11) is 0. The van der Waals surface area contributed by atoms with Crippen molar-refractivity contribution in [3.8, 4) is 0 Å². The van der Waals surface area contributed by atoms with E-state index in [2.05, 4.69) is 5.32 Å². The Hall–Kier alpha value is -1.31. The molecule has 1 saturated carbocycles. The molecule has 1 aromatic rings. The van der Waals surface area contributed by atoms with Crippen LogP contribution in [0.15, 0.2) is 30.3 Å². The van der Waals surface area contributed by atoms with Gasteiger partial charge in [0.25, 0.3) is 5.91 Å². The monoisotopic (exact) mass is 233 g/mol. The van der Waals surface area contributed by atoms with E-state index in [1.807, 2.05) is 44.2 Å². The molecule has 1 fully saturated rings. The number of amides is 1. The van der Waals surface area contributed by atoms with E-state index < -0.39 is 0 Å². The van der Waals surface area contributed by atoms with Crippen molar-refractivity contribution >= 4 is 5.91 Å². The van der Waals surface area contributed by atoms with Gasteiger partial charge in [0, 0.05) is 11.6 Å². The third kappa shape index (κ3) is 4.59. The van der Waals surface area contributed by atoms with Gasteiger partial charge in [-0.3, -0.25) is 4.79 Å². The van der Waals surface area contributed by atoms with E-state index in [1.165, 1.54) is 19.3 Å². The van der Waals surface area contributed by atoms with Gasteiger partial charge in [-0.2, -0.15) is 0 Å². The molecular formula is C15H23NO. The highest BCUT2D eigenvalue weighted by molar-refractivity contribution is 5.94. The predicted molar refractivity (Wildman–Crippen MR) is 72.1 cm³/mol. The average Bonchev–Trinajstić information content (AvgIpc) is 2.43.